The van der Waals surface area contributed by atoms with Gasteiger partial charge in [0, 0.05) is 25.6 Å². The second-order valence-electron chi connectivity index (χ2n) is 5.47. The van der Waals surface area contributed by atoms with Crippen molar-refractivity contribution in [2.45, 2.75) is 19.4 Å². The van der Waals surface area contributed by atoms with Gasteiger partial charge in [0.15, 0.2) is 0 Å². The summed E-state index contributed by atoms with van der Waals surface area (Å²) < 4.78 is 5.12. The molecule has 0 atom stereocenters. The van der Waals surface area contributed by atoms with Crippen molar-refractivity contribution < 1.29 is 9.53 Å². The lowest BCUT2D eigenvalue weighted by molar-refractivity contribution is -0.126. The molecule has 0 radical (unpaired) electrons. The first-order valence-corrected chi connectivity index (χ1v) is 7.56. The quantitative estimate of drug-likeness (QED) is 0.820. The number of hydrogen-bond acceptors (Lipinski definition) is 4. The smallest absolute Gasteiger partial charge is 0.223 e. The average molecular weight is 291 g/mol. The predicted octanol–water partition coefficient (Wildman–Crippen LogP) is 0.982. The molecule has 3 N–H and O–H groups in total. The van der Waals surface area contributed by atoms with Crippen molar-refractivity contribution in [1.29, 1.82) is 0 Å². The summed E-state index contributed by atoms with van der Waals surface area (Å²) in [6.45, 7) is 4.13. The molecule has 116 valence electrons. The van der Waals surface area contributed by atoms with Crippen LogP contribution in [0.2, 0.25) is 0 Å². The lowest BCUT2D eigenvalue weighted by Crippen LogP contribution is -2.41. The molecular weight excluding hydrogens is 266 g/mol. The number of methoxy groups -OCH3 is 1. The first-order valence-electron chi connectivity index (χ1n) is 7.56. The normalized spacial score (nSPS) is 16.7. The highest BCUT2D eigenvalue weighted by Gasteiger charge is 2.24. The fourth-order valence-corrected chi connectivity index (χ4v) is 2.68. The van der Waals surface area contributed by atoms with Gasteiger partial charge in [0.2, 0.25) is 5.91 Å². The van der Waals surface area contributed by atoms with Crippen molar-refractivity contribution in [3.8, 4) is 5.75 Å². The minimum atomic E-state index is 0.136. The highest BCUT2D eigenvalue weighted by Crippen LogP contribution is 2.17. The minimum Gasteiger partial charge on any atom is -0.497 e. The highest BCUT2D eigenvalue weighted by molar-refractivity contribution is 5.78. The van der Waals surface area contributed by atoms with Crippen molar-refractivity contribution in [2.75, 3.05) is 33.3 Å². The van der Waals surface area contributed by atoms with Crippen LogP contribution in [0.3, 0.4) is 0 Å². The number of carbonyl (C=O) groups is 1. The van der Waals surface area contributed by atoms with E-state index in [0.717, 1.165) is 43.8 Å². The molecule has 0 spiro atoms. The Labute approximate surface area is 126 Å². The second kappa shape index (κ2) is 8.00. The van der Waals surface area contributed by atoms with Crippen LogP contribution in [0.5, 0.6) is 5.75 Å². The standard InChI is InChI=1S/C16H25N3O2/c1-21-15-4-2-13(3-5-15)12-18-16(20)14-6-9-19(10-7-14)11-8-17/h2-5,14H,6-12,17H2,1H3,(H,18,20). The maximum absolute atomic E-state index is 12.2. The zero-order valence-electron chi connectivity index (χ0n) is 12.7. The first kappa shape index (κ1) is 15.8. The molecule has 0 saturated carbocycles. The van der Waals surface area contributed by atoms with Crippen LogP contribution in [0.15, 0.2) is 24.3 Å². The van der Waals surface area contributed by atoms with Crippen molar-refractivity contribution in [1.82, 2.24) is 10.2 Å². The van der Waals surface area contributed by atoms with Crippen LogP contribution >= 0.6 is 0 Å². The summed E-state index contributed by atoms with van der Waals surface area (Å²) in [5.41, 5.74) is 6.64. The van der Waals surface area contributed by atoms with E-state index in [2.05, 4.69) is 10.2 Å². The van der Waals surface area contributed by atoms with Gasteiger partial charge < -0.3 is 20.7 Å². The summed E-state index contributed by atoms with van der Waals surface area (Å²) in [7, 11) is 1.65. The predicted molar refractivity (Wildman–Crippen MR) is 83.1 cm³/mol. The Morgan fingerprint density at radius 2 is 2.00 bits per heavy atom. The van der Waals surface area contributed by atoms with Crippen LogP contribution in [-0.2, 0) is 11.3 Å². The first-order chi connectivity index (χ1) is 10.2. The van der Waals surface area contributed by atoms with Crippen LogP contribution in [0.25, 0.3) is 0 Å². The number of piperidine rings is 1. The number of nitrogens with two attached hydrogens (primary N) is 1. The number of benzene rings is 1. The SMILES string of the molecule is COc1ccc(CNC(=O)C2CCN(CCN)CC2)cc1. The zero-order valence-corrected chi connectivity index (χ0v) is 12.7. The molecule has 1 heterocycles. The van der Waals surface area contributed by atoms with Gasteiger partial charge in [-0.05, 0) is 43.6 Å². The molecule has 1 aliphatic heterocycles. The number of carbonyl (C=O) groups excluding carboxylic acids is 1. The van der Waals surface area contributed by atoms with E-state index in [1.54, 1.807) is 7.11 Å². The van der Waals surface area contributed by atoms with Gasteiger partial charge >= 0.3 is 0 Å². The molecule has 1 fully saturated rings. The number of ether oxygens (including phenoxy) is 1. The Kier molecular flexibility index (Phi) is 6.02. The molecule has 0 aliphatic carbocycles. The maximum atomic E-state index is 12.2. The fourth-order valence-electron chi connectivity index (χ4n) is 2.68. The average Bonchev–Trinajstić information content (AvgIpc) is 2.54. The highest BCUT2D eigenvalue weighted by atomic mass is 16.5. The van der Waals surface area contributed by atoms with Gasteiger partial charge in [-0.3, -0.25) is 4.79 Å². The van der Waals surface area contributed by atoms with Crippen molar-refractivity contribution >= 4 is 5.91 Å². The van der Waals surface area contributed by atoms with Gasteiger partial charge in [-0.1, -0.05) is 12.1 Å². The molecule has 1 aromatic rings. The summed E-state index contributed by atoms with van der Waals surface area (Å²) >= 11 is 0. The molecule has 1 aliphatic rings. The molecule has 21 heavy (non-hydrogen) atoms. The number of likely N-dealkylation sites (tertiary alicyclic amines) is 1. The third kappa shape index (κ3) is 4.72. The second-order valence-corrected chi connectivity index (χ2v) is 5.47. The van der Waals surface area contributed by atoms with Gasteiger partial charge in [-0.15, -0.1) is 0 Å². The molecule has 2 rings (SSSR count). The van der Waals surface area contributed by atoms with Crippen LogP contribution in [0, 0.1) is 5.92 Å². The monoisotopic (exact) mass is 291 g/mol. The van der Waals surface area contributed by atoms with Crippen molar-refractivity contribution in [3.05, 3.63) is 29.8 Å². The van der Waals surface area contributed by atoms with E-state index in [1.807, 2.05) is 24.3 Å². The van der Waals surface area contributed by atoms with Crippen LogP contribution in [-0.4, -0.2) is 44.1 Å². The largest absolute Gasteiger partial charge is 0.497 e. The van der Waals surface area contributed by atoms with E-state index < -0.39 is 0 Å². The summed E-state index contributed by atoms with van der Waals surface area (Å²) in [4.78, 5) is 14.5. The van der Waals surface area contributed by atoms with Gasteiger partial charge in [-0.2, -0.15) is 0 Å². The Morgan fingerprint density at radius 1 is 1.33 bits per heavy atom. The number of amides is 1. The zero-order chi connectivity index (χ0) is 15.1. The molecule has 1 saturated heterocycles. The van der Waals surface area contributed by atoms with Gasteiger partial charge in [-0.25, -0.2) is 0 Å². The third-order valence-electron chi connectivity index (χ3n) is 4.03. The molecule has 0 aromatic heterocycles. The Bertz CT molecular complexity index is 439. The lowest BCUT2D eigenvalue weighted by atomic mass is 9.96. The van der Waals surface area contributed by atoms with Gasteiger partial charge in [0.05, 0.1) is 7.11 Å². The number of rotatable bonds is 6. The summed E-state index contributed by atoms with van der Waals surface area (Å²) in [6, 6.07) is 7.77. The van der Waals surface area contributed by atoms with E-state index >= 15 is 0 Å². The molecule has 5 nitrogen and oxygen atoms in total. The molecule has 1 amide bonds. The minimum absolute atomic E-state index is 0.136. The van der Waals surface area contributed by atoms with E-state index in [1.165, 1.54) is 0 Å². The van der Waals surface area contributed by atoms with Gasteiger partial charge in [0.1, 0.15) is 5.75 Å². The Balaban J connectivity index is 1.74. The lowest BCUT2D eigenvalue weighted by Gasteiger charge is -2.30. The molecule has 1 aromatic carbocycles. The van der Waals surface area contributed by atoms with E-state index in [0.29, 0.717) is 13.1 Å². The van der Waals surface area contributed by atoms with Crippen LogP contribution in [0.4, 0.5) is 0 Å². The summed E-state index contributed by atoms with van der Waals surface area (Å²) in [6.07, 6.45) is 1.85. The summed E-state index contributed by atoms with van der Waals surface area (Å²) in [5.74, 6) is 1.13. The maximum Gasteiger partial charge on any atom is 0.223 e. The van der Waals surface area contributed by atoms with Crippen LogP contribution < -0.4 is 15.8 Å². The number of nitrogens with one attached hydrogen (secondary N) is 1. The fraction of sp³-hybridized carbons (Fsp3) is 0.562. The van der Waals surface area contributed by atoms with Crippen molar-refractivity contribution in [3.63, 3.8) is 0 Å². The molecule has 5 heteroatoms. The van der Waals surface area contributed by atoms with E-state index in [-0.39, 0.29) is 11.8 Å². The summed E-state index contributed by atoms with van der Waals surface area (Å²) in [5, 5.41) is 3.03. The van der Waals surface area contributed by atoms with Gasteiger partial charge in [0.25, 0.3) is 0 Å². The van der Waals surface area contributed by atoms with Crippen LogP contribution in [0.1, 0.15) is 18.4 Å². The third-order valence-corrected chi connectivity index (χ3v) is 4.03. The molecule has 0 bridgehead atoms. The topological polar surface area (TPSA) is 67.6 Å². The number of nitrogens with zero attached hydrogens (tertiary/aromatic N) is 1. The number of hydrogen-bond donors (Lipinski definition) is 2. The van der Waals surface area contributed by atoms with E-state index in [9.17, 15) is 4.79 Å². The Hall–Kier alpha value is -1.59. The van der Waals surface area contributed by atoms with E-state index in [4.69, 9.17) is 10.5 Å². The van der Waals surface area contributed by atoms with Crippen molar-refractivity contribution in [2.24, 2.45) is 11.7 Å². The molecular formula is C16H25N3O2. The molecule has 0 unspecified atom stereocenters. The Morgan fingerprint density at radius 3 is 2.57 bits per heavy atom.